The molecule has 0 aliphatic carbocycles. The van der Waals surface area contributed by atoms with Crippen LogP contribution in [0.1, 0.15) is 32.6 Å². The van der Waals surface area contributed by atoms with E-state index in [-0.39, 0.29) is 25.1 Å². The zero-order valence-corrected chi connectivity index (χ0v) is 16.9. The molecule has 0 N–H and O–H groups in total. The van der Waals surface area contributed by atoms with Crippen molar-refractivity contribution in [1.29, 1.82) is 0 Å². The molecule has 1 fully saturated rings. The fourth-order valence-corrected chi connectivity index (χ4v) is 3.10. The van der Waals surface area contributed by atoms with Crippen molar-refractivity contribution in [2.45, 2.75) is 38.7 Å². The minimum absolute atomic E-state index is 0.0928. The number of aromatic nitrogens is 1. The first-order chi connectivity index (χ1) is 14.6. The molecule has 6 nitrogen and oxygen atoms in total. The van der Waals surface area contributed by atoms with Gasteiger partial charge in [-0.05, 0) is 49.6 Å². The number of benzene rings is 1. The van der Waals surface area contributed by atoms with Crippen molar-refractivity contribution >= 4 is 5.97 Å². The van der Waals surface area contributed by atoms with E-state index in [9.17, 15) is 13.6 Å². The summed E-state index contributed by atoms with van der Waals surface area (Å²) < 4.78 is 50.3. The standard InChI is InChI=1S/C22H25F2NO5/c1-2-28-20(26)7-3-4-10-29-21-18(23)12-15(13-19(21)24)17-6-5-9-25-22(17)30-16-8-11-27-14-16/h5-6,9,12-13,16H,2-4,7-8,10-11,14H2,1H3. The van der Waals surface area contributed by atoms with Gasteiger partial charge in [-0.25, -0.2) is 13.8 Å². The van der Waals surface area contributed by atoms with Crippen LogP contribution in [-0.2, 0) is 14.3 Å². The zero-order valence-electron chi connectivity index (χ0n) is 16.9. The average Bonchev–Trinajstić information content (AvgIpc) is 3.23. The van der Waals surface area contributed by atoms with Gasteiger partial charge >= 0.3 is 5.97 Å². The normalized spacial score (nSPS) is 15.8. The predicted octanol–water partition coefficient (Wildman–Crippen LogP) is 4.31. The lowest BCUT2D eigenvalue weighted by atomic mass is 10.1. The first-order valence-corrected chi connectivity index (χ1v) is 10.1. The first-order valence-electron chi connectivity index (χ1n) is 10.1. The average molecular weight is 421 g/mol. The van der Waals surface area contributed by atoms with Crippen LogP contribution in [0.25, 0.3) is 11.1 Å². The SMILES string of the molecule is CCOC(=O)CCCCOc1c(F)cc(-c2cccnc2OC2CCOC2)cc1F. The van der Waals surface area contributed by atoms with Gasteiger partial charge in [-0.15, -0.1) is 0 Å². The summed E-state index contributed by atoms with van der Waals surface area (Å²) in [7, 11) is 0. The van der Waals surface area contributed by atoms with Crippen LogP contribution in [0.15, 0.2) is 30.5 Å². The van der Waals surface area contributed by atoms with Gasteiger partial charge in [0.15, 0.2) is 17.4 Å². The highest BCUT2D eigenvalue weighted by atomic mass is 19.1. The van der Waals surface area contributed by atoms with E-state index in [0.29, 0.717) is 49.7 Å². The molecule has 1 unspecified atom stereocenters. The second kappa shape index (κ2) is 10.9. The fraction of sp³-hybridized carbons (Fsp3) is 0.455. The maximum Gasteiger partial charge on any atom is 0.305 e. The molecule has 0 radical (unpaired) electrons. The van der Waals surface area contributed by atoms with E-state index in [4.69, 9.17) is 18.9 Å². The molecule has 8 heteroatoms. The molecule has 1 saturated heterocycles. The summed E-state index contributed by atoms with van der Waals surface area (Å²) in [6.45, 7) is 3.23. The van der Waals surface area contributed by atoms with Crippen molar-refractivity contribution in [2.75, 3.05) is 26.4 Å². The van der Waals surface area contributed by atoms with E-state index >= 15 is 0 Å². The molecule has 3 rings (SSSR count). The van der Waals surface area contributed by atoms with E-state index in [1.165, 1.54) is 12.1 Å². The molecule has 1 aromatic heterocycles. The van der Waals surface area contributed by atoms with Gasteiger partial charge in [0.1, 0.15) is 6.10 Å². The summed E-state index contributed by atoms with van der Waals surface area (Å²) in [4.78, 5) is 15.5. The molecule has 1 aromatic carbocycles. The van der Waals surface area contributed by atoms with Gasteiger partial charge in [-0.3, -0.25) is 4.79 Å². The Bertz CT molecular complexity index is 832. The lowest BCUT2D eigenvalue weighted by Gasteiger charge is -2.15. The largest absolute Gasteiger partial charge is 0.488 e. The number of rotatable bonds is 10. The zero-order chi connectivity index (χ0) is 21.3. The van der Waals surface area contributed by atoms with Gasteiger partial charge < -0.3 is 18.9 Å². The maximum absolute atomic E-state index is 14.6. The van der Waals surface area contributed by atoms with Crippen LogP contribution in [0.2, 0.25) is 0 Å². The fourth-order valence-electron chi connectivity index (χ4n) is 3.10. The number of unbranched alkanes of at least 4 members (excludes halogenated alkanes) is 1. The second-order valence-corrected chi connectivity index (χ2v) is 6.84. The van der Waals surface area contributed by atoms with Crippen LogP contribution in [0, 0.1) is 11.6 Å². The Morgan fingerprint density at radius 3 is 2.77 bits per heavy atom. The molecule has 1 aliphatic heterocycles. The van der Waals surface area contributed by atoms with Gasteiger partial charge in [-0.2, -0.15) is 0 Å². The monoisotopic (exact) mass is 421 g/mol. The second-order valence-electron chi connectivity index (χ2n) is 6.84. The Morgan fingerprint density at radius 2 is 2.07 bits per heavy atom. The third-order valence-corrected chi connectivity index (χ3v) is 4.57. The van der Waals surface area contributed by atoms with Crippen molar-refractivity contribution in [3.05, 3.63) is 42.1 Å². The quantitative estimate of drug-likeness (QED) is 0.421. The number of ether oxygens (including phenoxy) is 4. The third kappa shape index (κ3) is 5.89. The number of esters is 1. The Hall–Kier alpha value is -2.74. The number of carbonyl (C=O) groups is 1. The lowest BCUT2D eigenvalue weighted by Crippen LogP contribution is -2.17. The van der Waals surface area contributed by atoms with Crippen LogP contribution in [0.5, 0.6) is 11.6 Å². The third-order valence-electron chi connectivity index (χ3n) is 4.57. The predicted molar refractivity (Wildman–Crippen MR) is 105 cm³/mol. The lowest BCUT2D eigenvalue weighted by molar-refractivity contribution is -0.143. The smallest absolute Gasteiger partial charge is 0.305 e. The molecule has 2 heterocycles. The van der Waals surface area contributed by atoms with E-state index in [1.807, 2.05) is 0 Å². The number of carbonyl (C=O) groups excluding carboxylic acids is 1. The van der Waals surface area contributed by atoms with Crippen LogP contribution < -0.4 is 9.47 Å². The summed E-state index contributed by atoms with van der Waals surface area (Å²) >= 11 is 0. The summed E-state index contributed by atoms with van der Waals surface area (Å²) in [5.41, 5.74) is 0.796. The molecule has 162 valence electrons. The molecular formula is C22H25F2NO5. The van der Waals surface area contributed by atoms with Gasteiger partial charge in [0.2, 0.25) is 5.88 Å². The molecule has 2 aromatic rings. The summed E-state index contributed by atoms with van der Waals surface area (Å²) in [5, 5.41) is 0. The summed E-state index contributed by atoms with van der Waals surface area (Å²) in [6, 6.07) is 5.78. The number of hydrogen-bond donors (Lipinski definition) is 0. The number of nitrogens with zero attached hydrogens (tertiary/aromatic N) is 1. The highest BCUT2D eigenvalue weighted by Gasteiger charge is 2.21. The van der Waals surface area contributed by atoms with Crippen LogP contribution >= 0.6 is 0 Å². The molecule has 30 heavy (non-hydrogen) atoms. The van der Waals surface area contributed by atoms with Gasteiger partial charge in [0, 0.05) is 24.6 Å². The molecular weight excluding hydrogens is 396 g/mol. The van der Waals surface area contributed by atoms with Gasteiger partial charge in [0.25, 0.3) is 0 Å². The van der Waals surface area contributed by atoms with Gasteiger partial charge in [-0.1, -0.05) is 0 Å². The molecule has 0 bridgehead atoms. The Kier molecular flexibility index (Phi) is 7.96. The van der Waals surface area contributed by atoms with Crippen molar-refractivity contribution < 1.29 is 32.5 Å². The Labute approximate surface area is 174 Å². The van der Waals surface area contributed by atoms with Gasteiger partial charge in [0.05, 0.1) is 26.4 Å². The highest BCUT2D eigenvalue weighted by Crippen LogP contribution is 2.34. The molecule has 1 atom stereocenters. The van der Waals surface area contributed by atoms with E-state index in [2.05, 4.69) is 4.98 Å². The van der Waals surface area contributed by atoms with E-state index in [1.54, 1.807) is 25.3 Å². The van der Waals surface area contributed by atoms with E-state index < -0.39 is 17.4 Å². The van der Waals surface area contributed by atoms with Crippen LogP contribution in [0.4, 0.5) is 8.78 Å². The van der Waals surface area contributed by atoms with Crippen LogP contribution in [0.3, 0.4) is 0 Å². The van der Waals surface area contributed by atoms with E-state index in [0.717, 1.165) is 6.42 Å². The maximum atomic E-state index is 14.6. The topological polar surface area (TPSA) is 66.9 Å². The summed E-state index contributed by atoms with van der Waals surface area (Å²) in [5.74, 6) is -2.05. The van der Waals surface area contributed by atoms with Crippen molar-refractivity contribution in [3.63, 3.8) is 0 Å². The van der Waals surface area contributed by atoms with Crippen molar-refractivity contribution in [3.8, 4) is 22.8 Å². The molecule has 0 saturated carbocycles. The molecule has 1 aliphatic rings. The molecule has 0 amide bonds. The van der Waals surface area contributed by atoms with Crippen LogP contribution in [-0.4, -0.2) is 43.5 Å². The first kappa shape index (κ1) is 22.0. The number of halogens is 2. The minimum atomic E-state index is -0.811. The number of hydrogen-bond acceptors (Lipinski definition) is 6. The Morgan fingerprint density at radius 1 is 1.27 bits per heavy atom. The number of pyridine rings is 1. The summed E-state index contributed by atoms with van der Waals surface area (Å²) in [6.07, 6.45) is 3.41. The van der Waals surface area contributed by atoms with Crippen molar-refractivity contribution in [2.24, 2.45) is 0 Å². The Balaban J connectivity index is 1.64. The molecule has 0 spiro atoms. The highest BCUT2D eigenvalue weighted by molar-refractivity contribution is 5.69. The van der Waals surface area contributed by atoms with Crippen molar-refractivity contribution in [1.82, 2.24) is 4.98 Å². The minimum Gasteiger partial charge on any atom is -0.488 e.